The Morgan fingerprint density at radius 3 is 2.54 bits per heavy atom. The van der Waals surface area contributed by atoms with Crippen LogP contribution in [0.1, 0.15) is 31.1 Å². The number of aromatic nitrogens is 4. The van der Waals surface area contributed by atoms with Crippen LogP contribution in [0.4, 0.5) is 16.4 Å². The first-order valence-electron chi connectivity index (χ1n) is 12.0. The minimum Gasteiger partial charge on any atom is -0.476 e. The lowest BCUT2D eigenvalue weighted by Crippen LogP contribution is -2.50. The molecule has 0 unspecified atom stereocenters. The van der Waals surface area contributed by atoms with E-state index in [9.17, 15) is 14.4 Å². The Balaban J connectivity index is 1.26. The van der Waals surface area contributed by atoms with Crippen LogP contribution in [0.2, 0.25) is 0 Å². The fraction of sp³-hybridized carbons (Fsp3) is 0.440. The fourth-order valence-electron chi connectivity index (χ4n) is 3.84. The monoisotopic (exact) mass is 509 g/mol. The van der Waals surface area contributed by atoms with Crippen molar-refractivity contribution in [1.82, 2.24) is 29.3 Å². The zero-order valence-corrected chi connectivity index (χ0v) is 21.4. The van der Waals surface area contributed by atoms with E-state index in [1.165, 1.54) is 10.6 Å². The first-order chi connectivity index (χ1) is 17.6. The molecule has 196 valence electrons. The van der Waals surface area contributed by atoms with Crippen LogP contribution < -0.4 is 15.6 Å². The maximum Gasteiger partial charge on any atom is 0.410 e. The van der Waals surface area contributed by atoms with Gasteiger partial charge in [0.2, 0.25) is 11.8 Å². The molecule has 0 aromatic carbocycles. The number of aryl methyl sites for hydroxylation is 1. The number of anilines is 2. The number of carbonyl (C=O) groups is 2. The van der Waals surface area contributed by atoms with E-state index >= 15 is 0 Å². The molecule has 12 nitrogen and oxygen atoms in total. The maximum atomic E-state index is 12.2. The highest BCUT2D eigenvalue weighted by Gasteiger charge is 2.25. The molecule has 1 N–H and O–H groups in total. The molecule has 12 heteroatoms. The number of hydrogen-bond acceptors (Lipinski definition) is 10. The molecule has 1 saturated heterocycles. The van der Waals surface area contributed by atoms with E-state index in [0.29, 0.717) is 54.5 Å². The summed E-state index contributed by atoms with van der Waals surface area (Å²) in [4.78, 5) is 52.4. The van der Waals surface area contributed by atoms with Gasteiger partial charge in [0.05, 0.1) is 17.4 Å². The van der Waals surface area contributed by atoms with Crippen LogP contribution in [0.15, 0.2) is 35.4 Å². The maximum absolute atomic E-state index is 12.2. The van der Waals surface area contributed by atoms with Crippen molar-refractivity contribution in [3.63, 3.8) is 0 Å². The summed E-state index contributed by atoms with van der Waals surface area (Å²) >= 11 is 0. The molecule has 1 aliphatic heterocycles. The smallest absolute Gasteiger partial charge is 0.410 e. The van der Waals surface area contributed by atoms with Crippen LogP contribution in [-0.2, 0) is 11.8 Å². The lowest BCUT2D eigenvalue weighted by atomic mass is 10.2. The largest absolute Gasteiger partial charge is 0.476 e. The van der Waals surface area contributed by atoms with Crippen LogP contribution in [-0.4, -0.2) is 86.6 Å². The summed E-state index contributed by atoms with van der Waals surface area (Å²) in [5, 5.41) is 3.64. The minimum absolute atomic E-state index is 0.0576. The normalized spacial score (nSPS) is 14.4. The van der Waals surface area contributed by atoms with Gasteiger partial charge in [-0.1, -0.05) is 0 Å². The summed E-state index contributed by atoms with van der Waals surface area (Å²) in [5.41, 5.74) is 0.208. The van der Waals surface area contributed by atoms with Crippen molar-refractivity contribution in [1.29, 1.82) is 0 Å². The number of fused-ring (bicyclic) bond motifs is 1. The SMILES string of the molecule is Cn1c(=O)c(C=O)cc2cnc(Nc3ccc(OCCN4CCN(C(=O)OC(C)(C)C)CC4)nc3)nc21. The van der Waals surface area contributed by atoms with Gasteiger partial charge in [0, 0.05) is 57.4 Å². The highest BCUT2D eigenvalue weighted by atomic mass is 16.6. The molecule has 0 radical (unpaired) electrons. The van der Waals surface area contributed by atoms with Crippen LogP contribution >= 0.6 is 0 Å². The summed E-state index contributed by atoms with van der Waals surface area (Å²) in [7, 11) is 1.56. The predicted molar refractivity (Wildman–Crippen MR) is 137 cm³/mol. The Kier molecular flexibility index (Phi) is 7.67. The molecule has 0 aliphatic carbocycles. The second kappa shape index (κ2) is 10.9. The van der Waals surface area contributed by atoms with Gasteiger partial charge in [0.1, 0.15) is 17.9 Å². The van der Waals surface area contributed by atoms with Gasteiger partial charge >= 0.3 is 6.09 Å². The van der Waals surface area contributed by atoms with Crippen molar-refractivity contribution in [2.24, 2.45) is 7.05 Å². The molecule has 0 atom stereocenters. The number of rotatable bonds is 7. The van der Waals surface area contributed by atoms with E-state index in [-0.39, 0.29) is 11.7 Å². The quantitative estimate of drug-likeness (QED) is 0.473. The number of pyridine rings is 2. The first kappa shape index (κ1) is 26.0. The Labute approximate surface area is 214 Å². The zero-order chi connectivity index (χ0) is 26.6. The second-order valence-corrected chi connectivity index (χ2v) is 9.72. The summed E-state index contributed by atoms with van der Waals surface area (Å²) in [6, 6.07) is 5.02. The number of aldehydes is 1. The van der Waals surface area contributed by atoms with Gasteiger partial charge in [0.25, 0.3) is 5.56 Å². The number of piperazine rings is 1. The topological polar surface area (TPSA) is 132 Å². The van der Waals surface area contributed by atoms with Gasteiger partial charge in [-0.3, -0.25) is 19.1 Å². The lowest BCUT2D eigenvalue weighted by molar-refractivity contribution is 0.0136. The standard InChI is InChI=1S/C25H31N7O5/c1-25(2,3)37-24(35)32-9-7-31(8-10-32)11-12-36-20-6-5-19(15-26-20)28-23-27-14-17-13-18(16-33)22(34)30(4)21(17)29-23/h5-6,13-16H,7-12H2,1-4H3,(H,27,28,29). The third kappa shape index (κ3) is 6.58. The summed E-state index contributed by atoms with van der Waals surface area (Å²) in [6.07, 6.45) is 3.41. The van der Waals surface area contributed by atoms with Crippen molar-refractivity contribution in [3.05, 3.63) is 46.5 Å². The van der Waals surface area contributed by atoms with Crippen molar-refractivity contribution in [2.45, 2.75) is 26.4 Å². The molecule has 1 aliphatic rings. The van der Waals surface area contributed by atoms with E-state index in [1.54, 1.807) is 36.5 Å². The molecular formula is C25H31N7O5. The van der Waals surface area contributed by atoms with Gasteiger partial charge in [-0.15, -0.1) is 0 Å². The Bertz CT molecular complexity index is 1330. The van der Waals surface area contributed by atoms with Crippen LogP contribution in [0, 0.1) is 0 Å². The molecule has 0 saturated carbocycles. The average molecular weight is 510 g/mol. The van der Waals surface area contributed by atoms with E-state index < -0.39 is 11.2 Å². The predicted octanol–water partition coefficient (Wildman–Crippen LogP) is 2.21. The second-order valence-electron chi connectivity index (χ2n) is 9.72. The van der Waals surface area contributed by atoms with Crippen LogP contribution in [0.5, 0.6) is 5.88 Å². The van der Waals surface area contributed by atoms with Crippen molar-refractivity contribution < 1.29 is 19.1 Å². The Hall–Kier alpha value is -4.06. The third-order valence-electron chi connectivity index (χ3n) is 5.78. The first-order valence-corrected chi connectivity index (χ1v) is 12.0. The molecule has 4 heterocycles. The average Bonchev–Trinajstić information content (AvgIpc) is 2.87. The van der Waals surface area contributed by atoms with Crippen molar-refractivity contribution in [2.75, 3.05) is 44.6 Å². The van der Waals surface area contributed by atoms with E-state index in [2.05, 4.69) is 25.2 Å². The Morgan fingerprint density at radius 1 is 1.14 bits per heavy atom. The minimum atomic E-state index is -0.495. The number of nitrogens with one attached hydrogen (secondary N) is 1. The molecule has 3 aromatic heterocycles. The van der Waals surface area contributed by atoms with E-state index in [1.807, 2.05) is 20.8 Å². The molecule has 1 fully saturated rings. The molecular weight excluding hydrogens is 478 g/mol. The lowest BCUT2D eigenvalue weighted by Gasteiger charge is -2.35. The number of ether oxygens (including phenoxy) is 2. The third-order valence-corrected chi connectivity index (χ3v) is 5.78. The molecule has 1 amide bonds. The fourth-order valence-corrected chi connectivity index (χ4v) is 3.84. The van der Waals surface area contributed by atoms with Gasteiger partial charge in [0.15, 0.2) is 6.29 Å². The van der Waals surface area contributed by atoms with Crippen molar-refractivity contribution >= 4 is 35.0 Å². The van der Waals surface area contributed by atoms with E-state index in [0.717, 1.165) is 19.6 Å². The Morgan fingerprint density at radius 2 is 1.89 bits per heavy atom. The summed E-state index contributed by atoms with van der Waals surface area (Å²) in [6.45, 7) is 9.54. The summed E-state index contributed by atoms with van der Waals surface area (Å²) in [5.74, 6) is 0.781. The molecule has 37 heavy (non-hydrogen) atoms. The van der Waals surface area contributed by atoms with Gasteiger partial charge < -0.3 is 19.7 Å². The van der Waals surface area contributed by atoms with E-state index in [4.69, 9.17) is 9.47 Å². The van der Waals surface area contributed by atoms with Crippen LogP contribution in [0.3, 0.4) is 0 Å². The number of hydrogen-bond donors (Lipinski definition) is 1. The zero-order valence-electron chi connectivity index (χ0n) is 21.4. The molecule has 3 aromatic rings. The molecule has 0 spiro atoms. The number of amides is 1. The van der Waals surface area contributed by atoms with Crippen LogP contribution in [0.25, 0.3) is 11.0 Å². The molecule has 0 bridgehead atoms. The molecule has 4 rings (SSSR count). The number of carbonyl (C=O) groups excluding carboxylic acids is 2. The van der Waals surface area contributed by atoms with Gasteiger partial charge in [-0.25, -0.2) is 14.8 Å². The van der Waals surface area contributed by atoms with Crippen molar-refractivity contribution in [3.8, 4) is 5.88 Å². The summed E-state index contributed by atoms with van der Waals surface area (Å²) < 4.78 is 12.5. The highest BCUT2D eigenvalue weighted by molar-refractivity contribution is 5.84. The van der Waals surface area contributed by atoms with Gasteiger partial charge in [-0.2, -0.15) is 4.98 Å². The van der Waals surface area contributed by atoms with Gasteiger partial charge in [-0.05, 0) is 32.9 Å². The highest BCUT2D eigenvalue weighted by Crippen LogP contribution is 2.18. The number of nitrogens with zero attached hydrogens (tertiary/aromatic N) is 6.